The van der Waals surface area contributed by atoms with Crippen LogP contribution in [0.3, 0.4) is 0 Å². The van der Waals surface area contributed by atoms with Crippen LogP contribution < -0.4 is 5.32 Å². The molecule has 1 N–H and O–H groups in total. The zero-order chi connectivity index (χ0) is 21.0. The van der Waals surface area contributed by atoms with E-state index in [0.29, 0.717) is 38.3 Å². The zero-order valence-electron chi connectivity index (χ0n) is 15.5. The fraction of sp³-hybridized carbons (Fsp3) is 0.150. The number of carbonyl (C=O) groups is 1. The first-order valence-electron chi connectivity index (χ1n) is 8.57. The van der Waals surface area contributed by atoms with Crippen molar-refractivity contribution >= 4 is 58.2 Å². The molecule has 3 aromatic rings. The van der Waals surface area contributed by atoms with Crippen molar-refractivity contribution in [2.45, 2.75) is 18.6 Å². The first-order valence-corrected chi connectivity index (χ1v) is 10.7. The molecule has 9 heteroatoms. The van der Waals surface area contributed by atoms with Crippen molar-refractivity contribution in [1.82, 2.24) is 14.8 Å². The van der Waals surface area contributed by atoms with Crippen LogP contribution in [0.2, 0.25) is 15.1 Å². The average molecular weight is 468 g/mol. The van der Waals surface area contributed by atoms with Gasteiger partial charge < -0.3 is 5.32 Å². The summed E-state index contributed by atoms with van der Waals surface area (Å²) < 4.78 is 1.89. The molecule has 0 atom stereocenters. The van der Waals surface area contributed by atoms with Crippen LogP contribution in [0, 0.1) is 6.92 Å². The number of allylic oxidation sites excluding steroid dienone is 1. The Morgan fingerprint density at radius 1 is 1.14 bits per heavy atom. The normalized spacial score (nSPS) is 10.8. The lowest BCUT2D eigenvalue weighted by molar-refractivity contribution is -0.113. The summed E-state index contributed by atoms with van der Waals surface area (Å²) in [6, 6.07) is 10.7. The summed E-state index contributed by atoms with van der Waals surface area (Å²) in [6.07, 6.45) is 1.75. The van der Waals surface area contributed by atoms with Gasteiger partial charge in [0.05, 0.1) is 15.8 Å². The molecule has 0 aliphatic heterocycles. The minimum Gasteiger partial charge on any atom is -0.325 e. The van der Waals surface area contributed by atoms with E-state index in [0.717, 1.165) is 11.1 Å². The number of nitrogens with zero attached hydrogens (tertiary/aromatic N) is 3. The maximum Gasteiger partial charge on any atom is 0.234 e. The second-order valence-electron chi connectivity index (χ2n) is 6.14. The molecule has 0 aliphatic rings. The third-order valence-electron chi connectivity index (χ3n) is 3.99. The number of nitrogens with one attached hydrogen (secondary N) is 1. The highest BCUT2D eigenvalue weighted by atomic mass is 35.5. The summed E-state index contributed by atoms with van der Waals surface area (Å²) in [4.78, 5) is 12.3. The van der Waals surface area contributed by atoms with Crippen LogP contribution in [-0.2, 0) is 11.3 Å². The Kier molecular flexibility index (Phi) is 7.24. The second kappa shape index (κ2) is 9.67. The van der Waals surface area contributed by atoms with Crippen LogP contribution in [0.25, 0.3) is 11.4 Å². The number of carbonyl (C=O) groups excluding carboxylic acids is 1. The number of aromatic nitrogens is 3. The van der Waals surface area contributed by atoms with Crippen LogP contribution in [0.1, 0.15) is 5.56 Å². The highest BCUT2D eigenvalue weighted by Crippen LogP contribution is 2.28. The number of halogens is 3. The number of thioether (sulfide) groups is 1. The molecule has 0 spiro atoms. The Morgan fingerprint density at radius 2 is 1.93 bits per heavy atom. The van der Waals surface area contributed by atoms with Gasteiger partial charge in [-0.1, -0.05) is 64.8 Å². The number of hydrogen-bond donors (Lipinski definition) is 1. The molecule has 0 bridgehead atoms. The first-order chi connectivity index (χ1) is 13.9. The van der Waals surface area contributed by atoms with Gasteiger partial charge in [0, 0.05) is 22.8 Å². The monoisotopic (exact) mass is 466 g/mol. The molecule has 0 saturated heterocycles. The Balaban J connectivity index is 1.74. The molecule has 1 amide bonds. The van der Waals surface area contributed by atoms with E-state index in [1.54, 1.807) is 24.3 Å². The Hall–Kier alpha value is -1.99. The molecule has 29 heavy (non-hydrogen) atoms. The molecule has 2 aromatic carbocycles. The summed E-state index contributed by atoms with van der Waals surface area (Å²) in [6.45, 7) is 6.24. The largest absolute Gasteiger partial charge is 0.325 e. The van der Waals surface area contributed by atoms with Gasteiger partial charge in [-0.15, -0.1) is 16.8 Å². The standard InChI is InChI=1S/C20H17Cl3N4OS/c1-3-8-27-19(13-5-4-12(2)16(22)9-13)25-26-20(27)29-11-18(28)24-14-6-7-15(21)17(23)10-14/h3-7,9-10H,1,8,11H2,2H3,(H,24,28). The van der Waals surface area contributed by atoms with Gasteiger partial charge in [-0.2, -0.15) is 0 Å². The Bertz CT molecular complexity index is 1070. The van der Waals surface area contributed by atoms with Crippen LogP contribution in [0.15, 0.2) is 54.2 Å². The van der Waals surface area contributed by atoms with E-state index >= 15 is 0 Å². The maximum atomic E-state index is 12.3. The first kappa shape index (κ1) is 21.7. The maximum absolute atomic E-state index is 12.3. The number of rotatable bonds is 7. The molecular weight excluding hydrogens is 451 g/mol. The molecule has 0 saturated carbocycles. The van der Waals surface area contributed by atoms with E-state index < -0.39 is 0 Å². The molecule has 0 unspecified atom stereocenters. The molecule has 150 valence electrons. The van der Waals surface area contributed by atoms with Crippen molar-refractivity contribution in [3.63, 3.8) is 0 Å². The number of benzene rings is 2. The van der Waals surface area contributed by atoms with E-state index in [-0.39, 0.29) is 11.7 Å². The summed E-state index contributed by atoms with van der Waals surface area (Å²) in [7, 11) is 0. The van der Waals surface area contributed by atoms with Gasteiger partial charge in [-0.3, -0.25) is 9.36 Å². The summed E-state index contributed by atoms with van der Waals surface area (Å²) in [5.74, 6) is 0.630. The van der Waals surface area contributed by atoms with Gasteiger partial charge in [-0.25, -0.2) is 0 Å². The molecule has 0 aliphatic carbocycles. The lowest BCUT2D eigenvalue weighted by Crippen LogP contribution is -2.14. The zero-order valence-corrected chi connectivity index (χ0v) is 18.5. The van der Waals surface area contributed by atoms with Crippen LogP contribution in [-0.4, -0.2) is 26.4 Å². The van der Waals surface area contributed by atoms with Crippen molar-refractivity contribution in [3.05, 3.63) is 69.7 Å². The van der Waals surface area contributed by atoms with Gasteiger partial charge in [0.25, 0.3) is 0 Å². The molecular formula is C20H17Cl3N4OS. The topological polar surface area (TPSA) is 59.8 Å². The van der Waals surface area contributed by atoms with E-state index in [2.05, 4.69) is 22.1 Å². The van der Waals surface area contributed by atoms with Crippen molar-refractivity contribution in [3.8, 4) is 11.4 Å². The van der Waals surface area contributed by atoms with Crippen LogP contribution in [0.5, 0.6) is 0 Å². The molecule has 0 radical (unpaired) electrons. The lowest BCUT2D eigenvalue weighted by atomic mass is 10.1. The molecule has 1 heterocycles. The highest BCUT2D eigenvalue weighted by molar-refractivity contribution is 7.99. The smallest absolute Gasteiger partial charge is 0.234 e. The molecule has 5 nitrogen and oxygen atoms in total. The quantitative estimate of drug-likeness (QED) is 0.335. The summed E-state index contributed by atoms with van der Waals surface area (Å²) in [5, 5.41) is 13.4. The average Bonchev–Trinajstić information content (AvgIpc) is 3.08. The van der Waals surface area contributed by atoms with Crippen molar-refractivity contribution < 1.29 is 4.79 Å². The molecule has 3 rings (SSSR count). The third kappa shape index (κ3) is 5.34. The highest BCUT2D eigenvalue weighted by Gasteiger charge is 2.16. The van der Waals surface area contributed by atoms with E-state index in [1.165, 1.54) is 11.8 Å². The van der Waals surface area contributed by atoms with Crippen LogP contribution in [0.4, 0.5) is 5.69 Å². The van der Waals surface area contributed by atoms with Gasteiger partial charge in [0.2, 0.25) is 5.91 Å². The minimum atomic E-state index is -0.193. The van der Waals surface area contributed by atoms with Gasteiger partial charge >= 0.3 is 0 Å². The van der Waals surface area contributed by atoms with E-state index in [4.69, 9.17) is 34.8 Å². The number of anilines is 1. The lowest BCUT2D eigenvalue weighted by Gasteiger charge is -2.09. The summed E-state index contributed by atoms with van der Waals surface area (Å²) >= 11 is 19.4. The van der Waals surface area contributed by atoms with Crippen LogP contribution >= 0.6 is 46.6 Å². The minimum absolute atomic E-state index is 0.157. The third-order valence-corrected chi connectivity index (χ3v) is 6.11. The fourth-order valence-corrected chi connectivity index (χ4v) is 3.76. The van der Waals surface area contributed by atoms with Gasteiger partial charge in [-0.05, 0) is 36.8 Å². The van der Waals surface area contributed by atoms with E-state index in [1.807, 2.05) is 29.7 Å². The Labute approximate surface area is 188 Å². The fourth-order valence-electron chi connectivity index (χ4n) is 2.54. The van der Waals surface area contributed by atoms with Crippen molar-refractivity contribution in [2.75, 3.05) is 11.1 Å². The number of amides is 1. The van der Waals surface area contributed by atoms with Crippen molar-refractivity contribution in [2.24, 2.45) is 0 Å². The van der Waals surface area contributed by atoms with Gasteiger partial charge in [0.15, 0.2) is 11.0 Å². The second-order valence-corrected chi connectivity index (χ2v) is 8.30. The van der Waals surface area contributed by atoms with Gasteiger partial charge in [0.1, 0.15) is 0 Å². The number of hydrogen-bond acceptors (Lipinski definition) is 4. The van der Waals surface area contributed by atoms with Crippen molar-refractivity contribution in [1.29, 1.82) is 0 Å². The SMILES string of the molecule is C=CCn1c(SCC(=O)Nc2ccc(Cl)c(Cl)c2)nnc1-c1ccc(C)c(Cl)c1. The molecule has 0 fully saturated rings. The summed E-state index contributed by atoms with van der Waals surface area (Å²) in [5.41, 5.74) is 2.41. The Morgan fingerprint density at radius 3 is 2.62 bits per heavy atom. The molecule has 1 aromatic heterocycles. The number of aryl methyl sites for hydroxylation is 1. The predicted octanol–water partition coefficient (Wildman–Crippen LogP) is 6.13. The van der Waals surface area contributed by atoms with E-state index in [9.17, 15) is 4.79 Å². The predicted molar refractivity (Wildman–Crippen MR) is 121 cm³/mol.